The van der Waals surface area contributed by atoms with Gasteiger partial charge in [0.2, 0.25) is 0 Å². The van der Waals surface area contributed by atoms with Gasteiger partial charge in [-0.15, -0.1) is 0 Å². The second-order valence-electron chi connectivity index (χ2n) is 5.88. The molecule has 1 aliphatic heterocycles. The topological polar surface area (TPSA) is 20.3 Å². The molecule has 0 aromatic rings. The molecule has 0 radical (unpaired) electrons. The van der Waals surface area contributed by atoms with Crippen molar-refractivity contribution in [2.45, 2.75) is 57.4 Å². The standard InChI is InChI=1S/C14H23NO/c16-14-11-5-4-6-12(14)13(8-7-11)15-9-2-1-3-10-15/h11-13H,1-10H2/t11-,12-,13-/m0/s1. The highest BCUT2D eigenvalue weighted by molar-refractivity contribution is 5.85. The van der Waals surface area contributed by atoms with Crippen LogP contribution in [0.4, 0.5) is 0 Å². The van der Waals surface area contributed by atoms with Gasteiger partial charge in [0.05, 0.1) is 0 Å². The van der Waals surface area contributed by atoms with Crippen LogP contribution in [0.25, 0.3) is 0 Å². The highest BCUT2D eigenvalue weighted by Crippen LogP contribution is 2.39. The van der Waals surface area contributed by atoms with E-state index in [9.17, 15) is 4.79 Å². The lowest BCUT2D eigenvalue weighted by molar-refractivity contribution is -0.136. The van der Waals surface area contributed by atoms with Gasteiger partial charge in [0.25, 0.3) is 0 Å². The minimum Gasteiger partial charge on any atom is -0.300 e. The first-order valence-corrected chi connectivity index (χ1v) is 7.14. The zero-order chi connectivity index (χ0) is 11.0. The van der Waals surface area contributed by atoms with Gasteiger partial charge in [-0.3, -0.25) is 9.69 Å². The zero-order valence-corrected chi connectivity index (χ0v) is 10.2. The van der Waals surface area contributed by atoms with Crippen LogP contribution in [0.1, 0.15) is 51.4 Å². The van der Waals surface area contributed by atoms with Gasteiger partial charge in [-0.1, -0.05) is 12.8 Å². The summed E-state index contributed by atoms with van der Waals surface area (Å²) in [6, 6.07) is 0.615. The van der Waals surface area contributed by atoms with Crippen LogP contribution >= 0.6 is 0 Å². The van der Waals surface area contributed by atoms with E-state index in [1.54, 1.807) is 0 Å². The van der Waals surface area contributed by atoms with E-state index >= 15 is 0 Å². The van der Waals surface area contributed by atoms with Crippen molar-refractivity contribution in [3.8, 4) is 0 Å². The van der Waals surface area contributed by atoms with Crippen LogP contribution in [-0.2, 0) is 4.79 Å². The number of carbonyl (C=O) groups is 1. The van der Waals surface area contributed by atoms with Gasteiger partial charge in [0.1, 0.15) is 5.78 Å². The third kappa shape index (κ3) is 1.81. The third-order valence-corrected chi connectivity index (χ3v) is 4.97. The number of ketones is 1. The van der Waals surface area contributed by atoms with Gasteiger partial charge in [0.15, 0.2) is 0 Å². The van der Waals surface area contributed by atoms with Crippen LogP contribution in [0.3, 0.4) is 0 Å². The minimum absolute atomic E-state index is 0.408. The first kappa shape index (κ1) is 10.8. The van der Waals surface area contributed by atoms with Gasteiger partial charge >= 0.3 is 0 Å². The molecular weight excluding hydrogens is 198 g/mol. The second kappa shape index (κ2) is 4.48. The van der Waals surface area contributed by atoms with Crippen LogP contribution in [0.5, 0.6) is 0 Å². The number of Topliss-reactive ketones (excluding diaryl/α,β-unsaturated/α-hetero) is 1. The number of rotatable bonds is 1. The van der Waals surface area contributed by atoms with Crippen molar-refractivity contribution in [3.05, 3.63) is 0 Å². The van der Waals surface area contributed by atoms with Gasteiger partial charge in [0, 0.05) is 17.9 Å². The molecule has 1 heterocycles. The molecule has 0 aromatic carbocycles. The maximum atomic E-state index is 12.2. The maximum absolute atomic E-state index is 12.2. The lowest BCUT2D eigenvalue weighted by Gasteiger charge is -2.45. The van der Waals surface area contributed by atoms with Gasteiger partial charge in [-0.25, -0.2) is 0 Å². The molecule has 3 aliphatic rings. The van der Waals surface area contributed by atoms with Crippen molar-refractivity contribution in [2.75, 3.05) is 13.1 Å². The lowest BCUT2D eigenvalue weighted by atomic mass is 9.68. The number of fused-ring (bicyclic) bond motifs is 2. The SMILES string of the molecule is O=C1[C@H]2CCC[C@H]1[C@@H](N1CCCCC1)CC2. The number of piperidine rings is 1. The van der Waals surface area contributed by atoms with Crippen molar-refractivity contribution >= 4 is 5.78 Å². The van der Waals surface area contributed by atoms with E-state index in [1.807, 2.05) is 0 Å². The molecule has 2 nitrogen and oxygen atoms in total. The number of carbonyl (C=O) groups excluding carboxylic acids is 1. The summed E-state index contributed by atoms with van der Waals surface area (Å²) >= 11 is 0. The molecule has 90 valence electrons. The van der Waals surface area contributed by atoms with Crippen molar-refractivity contribution in [3.63, 3.8) is 0 Å². The molecule has 0 N–H and O–H groups in total. The van der Waals surface area contributed by atoms with Crippen molar-refractivity contribution in [1.29, 1.82) is 0 Å². The number of hydrogen-bond donors (Lipinski definition) is 0. The number of likely N-dealkylation sites (tertiary alicyclic amines) is 1. The van der Waals surface area contributed by atoms with Gasteiger partial charge in [-0.2, -0.15) is 0 Å². The molecule has 3 fully saturated rings. The summed E-state index contributed by atoms with van der Waals surface area (Å²) in [5.74, 6) is 1.47. The van der Waals surface area contributed by atoms with Gasteiger partial charge in [-0.05, 0) is 51.6 Å². The van der Waals surface area contributed by atoms with Crippen LogP contribution < -0.4 is 0 Å². The quantitative estimate of drug-likeness (QED) is 0.678. The average molecular weight is 221 g/mol. The van der Waals surface area contributed by atoms with E-state index < -0.39 is 0 Å². The first-order chi connectivity index (χ1) is 7.86. The fraction of sp³-hybridized carbons (Fsp3) is 0.929. The molecule has 0 unspecified atom stereocenters. The van der Waals surface area contributed by atoms with E-state index in [-0.39, 0.29) is 0 Å². The average Bonchev–Trinajstić information content (AvgIpc) is 2.30. The predicted octanol–water partition coefficient (Wildman–Crippen LogP) is 2.62. The molecule has 0 spiro atoms. The maximum Gasteiger partial charge on any atom is 0.140 e. The van der Waals surface area contributed by atoms with Crippen LogP contribution in [0.15, 0.2) is 0 Å². The summed E-state index contributed by atoms with van der Waals surface area (Å²) in [5, 5.41) is 0. The summed E-state index contributed by atoms with van der Waals surface area (Å²) in [4.78, 5) is 14.9. The molecular formula is C14H23NO. The van der Waals surface area contributed by atoms with E-state index in [0.717, 1.165) is 0 Å². The largest absolute Gasteiger partial charge is 0.300 e. The van der Waals surface area contributed by atoms with Crippen molar-refractivity contribution in [1.82, 2.24) is 4.90 Å². The van der Waals surface area contributed by atoms with Crippen molar-refractivity contribution in [2.24, 2.45) is 11.8 Å². The normalized spacial score (nSPS) is 41.0. The summed E-state index contributed by atoms with van der Waals surface area (Å²) in [6.07, 6.45) is 10.2. The Morgan fingerprint density at radius 2 is 1.69 bits per heavy atom. The Morgan fingerprint density at radius 1 is 0.875 bits per heavy atom. The summed E-state index contributed by atoms with van der Waals surface area (Å²) in [6.45, 7) is 2.50. The molecule has 16 heavy (non-hydrogen) atoms. The molecule has 3 rings (SSSR count). The Labute approximate surface area is 98.4 Å². The summed E-state index contributed by atoms with van der Waals surface area (Å²) in [7, 11) is 0. The number of hydrogen-bond acceptors (Lipinski definition) is 2. The van der Waals surface area contributed by atoms with E-state index in [2.05, 4.69) is 4.90 Å². The molecule has 2 bridgehead atoms. The number of nitrogens with zero attached hydrogens (tertiary/aromatic N) is 1. The molecule has 2 saturated carbocycles. The molecule has 3 atom stereocenters. The Balaban J connectivity index is 1.72. The van der Waals surface area contributed by atoms with E-state index in [1.165, 1.54) is 64.5 Å². The van der Waals surface area contributed by atoms with Crippen LogP contribution in [-0.4, -0.2) is 29.8 Å². The first-order valence-electron chi connectivity index (χ1n) is 7.14. The van der Waals surface area contributed by atoms with Crippen molar-refractivity contribution < 1.29 is 4.79 Å². The van der Waals surface area contributed by atoms with E-state index in [0.29, 0.717) is 23.7 Å². The smallest absolute Gasteiger partial charge is 0.140 e. The fourth-order valence-electron chi connectivity index (χ4n) is 4.10. The second-order valence-corrected chi connectivity index (χ2v) is 5.88. The lowest BCUT2D eigenvalue weighted by Crippen LogP contribution is -2.51. The zero-order valence-electron chi connectivity index (χ0n) is 10.2. The molecule has 2 heteroatoms. The molecule has 2 aliphatic carbocycles. The fourth-order valence-corrected chi connectivity index (χ4v) is 4.10. The van der Waals surface area contributed by atoms with Crippen LogP contribution in [0, 0.1) is 11.8 Å². The van der Waals surface area contributed by atoms with Gasteiger partial charge < -0.3 is 0 Å². The monoisotopic (exact) mass is 221 g/mol. The predicted molar refractivity (Wildman–Crippen MR) is 64.3 cm³/mol. The summed E-state index contributed by atoms with van der Waals surface area (Å²) in [5.41, 5.74) is 0. The highest BCUT2D eigenvalue weighted by atomic mass is 16.1. The molecule has 0 amide bonds. The molecule has 0 aromatic heterocycles. The van der Waals surface area contributed by atoms with E-state index in [4.69, 9.17) is 0 Å². The highest BCUT2D eigenvalue weighted by Gasteiger charge is 2.42. The Hall–Kier alpha value is -0.370. The summed E-state index contributed by atoms with van der Waals surface area (Å²) < 4.78 is 0. The Bertz CT molecular complexity index is 270. The Morgan fingerprint density at radius 3 is 2.50 bits per heavy atom. The minimum atomic E-state index is 0.408. The molecule has 1 saturated heterocycles. The third-order valence-electron chi connectivity index (χ3n) is 4.97. The Kier molecular flexibility index (Phi) is 3.01. The van der Waals surface area contributed by atoms with Crippen LogP contribution in [0.2, 0.25) is 0 Å².